The number of likely N-dealkylation sites (tertiary alicyclic amines) is 1. The molecule has 1 saturated heterocycles. The van der Waals surface area contributed by atoms with Crippen molar-refractivity contribution in [2.24, 2.45) is 0 Å². The Labute approximate surface area is 258 Å². The van der Waals surface area contributed by atoms with Crippen molar-refractivity contribution in [2.75, 3.05) is 30.8 Å². The molecule has 0 spiro atoms. The Morgan fingerprint density at radius 2 is 1.66 bits per heavy atom. The van der Waals surface area contributed by atoms with Gasteiger partial charge in [-0.15, -0.1) is 0 Å². The van der Waals surface area contributed by atoms with Crippen molar-refractivity contribution in [1.29, 1.82) is 0 Å². The van der Waals surface area contributed by atoms with Crippen LogP contribution in [0.2, 0.25) is 0 Å². The fourth-order valence-electron chi connectivity index (χ4n) is 5.93. The first kappa shape index (κ1) is 29.2. The van der Waals surface area contributed by atoms with Crippen LogP contribution in [-0.2, 0) is 11.3 Å². The predicted octanol–water partition coefficient (Wildman–Crippen LogP) is 7.10. The van der Waals surface area contributed by atoms with Crippen LogP contribution in [0, 0.1) is 0 Å². The maximum Gasteiger partial charge on any atom is 0.258 e. The first-order valence-corrected chi connectivity index (χ1v) is 15.3. The minimum atomic E-state index is -0.236. The van der Waals surface area contributed by atoms with Gasteiger partial charge in [0, 0.05) is 29.0 Å². The van der Waals surface area contributed by atoms with Gasteiger partial charge in [0.1, 0.15) is 5.75 Å². The highest BCUT2D eigenvalue weighted by Crippen LogP contribution is 2.38. The highest BCUT2D eigenvalue weighted by Gasteiger charge is 2.29. The second-order valence-corrected chi connectivity index (χ2v) is 11.5. The number of benzene rings is 4. The Kier molecular flexibility index (Phi) is 8.75. The molecule has 0 radical (unpaired) electrons. The van der Waals surface area contributed by atoms with Crippen molar-refractivity contribution >= 4 is 34.5 Å². The van der Waals surface area contributed by atoms with Gasteiger partial charge in [-0.3, -0.25) is 14.5 Å². The van der Waals surface area contributed by atoms with Gasteiger partial charge < -0.3 is 20.7 Å². The van der Waals surface area contributed by atoms with Gasteiger partial charge in [-0.2, -0.15) is 0 Å². The number of nitrogens with one attached hydrogen (secondary N) is 3. The van der Waals surface area contributed by atoms with Gasteiger partial charge in [0.2, 0.25) is 0 Å². The summed E-state index contributed by atoms with van der Waals surface area (Å²) >= 11 is 0. The average molecular weight is 587 g/mol. The van der Waals surface area contributed by atoms with Crippen LogP contribution >= 0.6 is 0 Å². The smallest absolute Gasteiger partial charge is 0.258 e. The number of nitrogens with zero attached hydrogens (tertiary/aromatic N) is 1. The molecule has 0 bridgehead atoms. The Hall–Kier alpha value is -4.88. The Morgan fingerprint density at radius 3 is 2.41 bits per heavy atom. The molecule has 0 aromatic heterocycles. The third-order valence-electron chi connectivity index (χ3n) is 8.36. The number of amides is 2. The van der Waals surface area contributed by atoms with E-state index < -0.39 is 0 Å². The van der Waals surface area contributed by atoms with E-state index in [9.17, 15) is 9.59 Å². The molecular formula is C37H38N4O3. The summed E-state index contributed by atoms with van der Waals surface area (Å²) in [5.41, 5.74) is 7.00. The molecule has 1 fully saturated rings. The fraction of sp³-hybridized carbons (Fsp3) is 0.243. The summed E-state index contributed by atoms with van der Waals surface area (Å²) in [4.78, 5) is 29.4. The molecule has 224 valence electrons. The number of hydrogen-bond acceptors (Lipinski definition) is 5. The van der Waals surface area contributed by atoms with Crippen LogP contribution in [0.4, 0.5) is 11.4 Å². The van der Waals surface area contributed by atoms with Crippen LogP contribution in [0.3, 0.4) is 0 Å². The van der Waals surface area contributed by atoms with E-state index in [-0.39, 0.29) is 17.9 Å². The Balaban J connectivity index is 1.29. The summed E-state index contributed by atoms with van der Waals surface area (Å²) in [5.74, 6) is 0.300. The van der Waals surface area contributed by atoms with E-state index in [1.54, 1.807) is 25.3 Å². The highest BCUT2D eigenvalue weighted by molar-refractivity contribution is 6.37. The summed E-state index contributed by atoms with van der Waals surface area (Å²) in [5, 5.41) is 9.62. The lowest BCUT2D eigenvalue weighted by Crippen LogP contribution is -2.29. The SMILES string of the molecule is COc1cccc([C@H](C)NC(=O)c2ccc3c(c2)C(=C(Nc2ccc(CN4CCCCC4)cc2)c2ccccc2)C(=O)N3)c1. The zero-order valence-corrected chi connectivity index (χ0v) is 25.2. The molecule has 7 heteroatoms. The third-order valence-corrected chi connectivity index (χ3v) is 8.36. The number of carbonyl (C=O) groups is 2. The zero-order chi connectivity index (χ0) is 30.5. The number of methoxy groups -OCH3 is 1. The predicted molar refractivity (Wildman–Crippen MR) is 176 cm³/mol. The van der Waals surface area contributed by atoms with E-state index in [2.05, 4.69) is 45.1 Å². The van der Waals surface area contributed by atoms with Crippen molar-refractivity contribution < 1.29 is 14.3 Å². The number of anilines is 2. The number of fused-ring (bicyclic) bond motifs is 1. The topological polar surface area (TPSA) is 82.7 Å². The lowest BCUT2D eigenvalue weighted by Gasteiger charge is -2.26. The number of rotatable bonds is 9. The summed E-state index contributed by atoms with van der Waals surface area (Å²) in [6, 6.07) is 31.0. The first-order chi connectivity index (χ1) is 21.5. The second-order valence-electron chi connectivity index (χ2n) is 11.5. The van der Waals surface area contributed by atoms with E-state index in [0.29, 0.717) is 28.1 Å². The lowest BCUT2D eigenvalue weighted by atomic mass is 9.98. The number of carbonyl (C=O) groups excluding carboxylic acids is 2. The summed E-state index contributed by atoms with van der Waals surface area (Å²) < 4.78 is 5.34. The highest BCUT2D eigenvalue weighted by atomic mass is 16.5. The van der Waals surface area contributed by atoms with Crippen molar-refractivity contribution in [3.8, 4) is 5.75 Å². The lowest BCUT2D eigenvalue weighted by molar-refractivity contribution is -0.110. The van der Waals surface area contributed by atoms with Gasteiger partial charge >= 0.3 is 0 Å². The molecule has 44 heavy (non-hydrogen) atoms. The van der Waals surface area contributed by atoms with Crippen LogP contribution in [0.5, 0.6) is 5.75 Å². The van der Waals surface area contributed by atoms with Crippen molar-refractivity contribution in [2.45, 2.75) is 38.8 Å². The van der Waals surface area contributed by atoms with E-state index in [1.165, 1.54) is 24.8 Å². The fourth-order valence-corrected chi connectivity index (χ4v) is 5.93. The molecule has 2 aliphatic rings. The number of piperidine rings is 1. The molecule has 3 N–H and O–H groups in total. The van der Waals surface area contributed by atoms with Crippen molar-refractivity contribution in [1.82, 2.24) is 10.2 Å². The molecule has 4 aromatic rings. The summed E-state index contributed by atoms with van der Waals surface area (Å²) in [6.07, 6.45) is 3.85. The zero-order valence-electron chi connectivity index (χ0n) is 25.2. The van der Waals surface area contributed by atoms with Crippen molar-refractivity contribution in [3.63, 3.8) is 0 Å². The monoisotopic (exact) mass is 586 g/mol. The Morgan fingerprint density at radius 1 is 0.886 bits per heavy atom. The first-order valence-electron chi connectivity index (χ1n) is 15.3. The van der Waals surface area contributed by atoms with Gasteiger partial charge in [0.05, 0.1) is 24.4 Å². The quantitative estimate of drug-likeness (QED) is 0.182. The molecule has 1 atom stereocenters. The number of hydrogen-bond donors (Lipinski definition) is 3. The van der Waals surface area contributed by atoms with Crippen molar-refractivity contribution in [3.05, 3.63) is 125 Å². The maximum atomic E-state index is 13.5. The van der Waals surface area contributed by atoms with Crippen LogP contribution < -0.4 is 20.7 Å². The van der Waals surface area contributed by atoms with Crippen LogP contribution in [0.15, 0.2) is 97.1 Å². The molecule has 0 saturated carbocycles. The molecule has 0 unspecified atom stereocenters. The van der Waals surface area contributed by atoms with E-state index in [1.807, 2.05) is 61.5 Å². The molecule has 2 heterocycles. The van der Waals surface area contributed by atoms with Crippen LogP contribution in [0.1, 0.15) is 64.8 Å². The molecule has 6 rings (SSSR count). The van der Waals surface area contributed by atoms with Gasteiger partial charge in [0.15, 0.2) is 0 Å². The second kappa shape index (κ2) is 13.2. The molecule has 4 aromatic carbocycles. The molecular weight excluding hydrogens is 548 g/mol. The number of ether oxygens (including phenoxy) is 1. The van der Waals surface area contributed by atoms with Crippen LogP contribution in [-0.4, -0.2) is 36.9 Å². The average Bonchev–Trinajstić information content (AvgIpc) is 3.39. The van der Waals surface area contributed by atoms with Gasteiger partial charge in [-0.1, -0.05) is 61.0 Å². The van der Waals surface area contributed by atoms with Gasteiger partial charge in [0.25, 0.3) is 11.8 Å². The molecule has 0 aliphatic carbocycles. The maximum absolute atomic E-state index is 13.5. The van der Waals surface area contributed by atoms with E-state index in [4.69, 9.17) is 4.74 Å². The molecule has 2 amide bonds. The normalized spacial score (nSPS) is 16.5. The van der Waals surface area contributed by atoms with Gasteiger partial charge in [-0.05, 0) is 92.0 Å². The summed E-state index contributed by atoms with van der Waals surface area (Å²) in [7, 11) is 1.62. The van der Waals surface area contributed by atoms with E-state index >= 15 is 0 Å². The molecule has 7 nitrogen and oxygen atoms in total. The van der Waals surface area contributed by atoms with Crippen LogP contribution in [0.25, 0.3) is 11.3 Å². The molecule has 2 aliphatic heterocycles. The van der Waals surface area contributed by atoms with Gasteiger partial charge in [-0.25, -0.2) is 0 Å². The largest absolute Gasteiger partial charge is 0.497 e. The van der Waals surface area contributed by atoms with E-state index in [0.717, 1.165) is 42.2 Å². The standard InChI is InChI=1S/C37H38N4O3/c1-25(28-12-9-13-31(22-28)44-2)38-36(42)29-16-19-33-32(23-29)34(37(43)40-33)35(27-10-5-3-6-11-27)39-30-17-14-26(15-18-30)24-41-20-7-4-8-21-41/h3,5-6,9-19,22-23,25,39H,4,7-8,20-21,24H2,1-2H3,(H,38,42)(H,40,43)/t25-/m0/s1. The summed E-state index contributed by atoms with van der Waals surface area (Å²) in [6.45, 7) is 5.19. The minimum absolute atomic E-state index is 0.213. The Bertz CT molecular complexity index is 1680. The third kappa shape index (κ3) is 6.53. The minimum Gasteiger partial charge on any atom is -0.497 e.